The Morgan fingerprint density at radius 3 is 2.96 bits per heavy atom. The Morgan fingerprint density at radius 2 is 2.12 bits per heavy atom. The van der Waals surface area contributed by atoms with E-state index in [-0.39, 0.29) is 18.1 Å². The highest BCUT2D eigenvalue weighted by Gasteiger charge is 2.25. The molecule has 1 aliphatic rings. The maximum absolute atomic E-state index is 5.96. The summed E-state index contributed by atoms with van der Waals surface area (Å²) in [7, 11) is 0. The molecule has 3 heterocycles. The number of benzene rings is 1. The third-order valence-electron chi connectivity index (χ3n) is 4.42. The van der Waals surface area contributed by atoms with Crippen molar-refractivity contribution in [3.05, 3.63) is 31.2 Å². The molecule has 3 aromatic rings. The molecule has 1 aromatic carbocycles. The average Bonchev–Trinajstić information content (AvgIpc) is 2.97. The largest absolute Gasteiger partial charge is 0.382 e. The van der Waals surface area contributed by atoms with Crippen LogP contribution in [0.3, 0.4) is 0 Å². The van der Waals surface area contributed by atoms with Gasteiger partial charge in [0.05, 0.1) is 30.0 Å². The summed E-state index contributed by atoms with van der Waals surface area (Å²) in [6, 6.07) is 7.95. The number of hydrogen-bond acceptors (Lipinski definition) is 7. The van der Waals surface area contributed by atoms with Crippen LogP contribution in [-0.2, 0) is 4.74 Å². The Morgan fingerprint density at radius 1 is 1.28 bits per heavy atom. The molecule has 25 heavy (non-hydrogen) atoms. The summed E-state index contributed by atoms with van der Waals surface area (Å²) in [4.78, 5) is 10.9. The summed E-state index contributed by atoms with van der Waals surface area (Å²) < 4.78 is 5.59. The number of fused-ring (bicyclic) bond motifs is 1. The van der Waals surface area contributed by atoms with E-state index in [9.17, 15) is 0 Å². The Hall–Kier alpha value is -2.87. The Labute approximate surface area is 145 Å². The van der Waals surface area contributed by atoms with Gasteiger partial charge in [-0.25, -0.2) is 4.98 Å². The van der Waals surface area contributed by atoms with Crippen molar-refractivity contribution in [2.75, 3.05) is 29.5 Å². The molecule has 8 nitrogen and oxygen atoms in total. The number of hydrogen-bond donors (Lipinski definition) is 3. The first kappa shape index (κ1) is 15.6. The van der Waals surface area contributed by atoms with Gasteiger partial charge >= 0.3 is 0 Å². The SMILES string of the molecule is [CH2][C@H]1CN(c2cc(-c3ccc4c(N)n[nH]c4c3)nc(N)n2)[C@H](C)CO1. The summed E-state index contributed by atoms with van der Waals surface area (Å²) in [5.74, 6) is 1.49. The average molecular weight is 338 g/mol. The summed E-state index contributed by atoms with van der Waals surface area (Å²) in [5.41, 5.74) is 14.3. The fraction of sp³-hybridized carbons (Fsp3) is 0.294. The number of nitrogens with zero attached hydrogens (tertiary/aromatic N) is 4. The molecule has 2 aromatic heterocycles. The van der Waals surface area contributed by atoms with E-state index >= 15 is 0 Å². The quantitative estimate of drug-likeness (QED) is 0.649. The van der Waals surface area contributed by atoms with Gasteiger partial charge in [-0.2, -0.15) is 10.1 Å². The molecule has 2 atom stereocenters. The molecule has 1 fully saturated rings. The van der Waals surface area contributed by atoms with E-state index in [2.05, 4.69) is 38.9 Å². The molecule has 5 N–H and O–H groups in total. The molecule has 129 valence electrons. The van der Waals surface area contributed by atoms with E-state index in [4.69, 9.17) is 16.2 Å². The number of H-pyrrole nitrogens is 1. The number of morpholine rings is 1. The van der Waals surface area contributed by atoms with Crippen molar-refractivity contribution < 1.29 is 4.74 Å². The van der Waals surface area contributed by atoms with Gasteiger partial charge < -0.3 is 21.1 Å². The van der Waals surface area contributed by atoms with E-state index in [0.29, 0.717) is 19.0 Å². The predicted octanol–water partition coefficient (Wildman–Crippen LogP) is 1.61. The number of nitrogens with two attached hydrogens (primary N) is 2. The monoisotopic (exact) mass is 338 g/mol. The van der Waals surface area contributed by atoms with Crippen LogP contribution in [0.2, 0.25) is 0 Å². The summed E-state index contributed by atoms with van der Waals surface area (Å²) in [5, 5.41) is 7.82. The minimum atomic E-state index is -0.0971. The molecule has 8 heteroatoms. The van der Waals surface area contributed by atoms with Crippen LogP contribution < -0.4 is 16.4 Å². The zero-order valence-corrected chi connectivity index (χ0v) is 13.9. The Bertz CT molecular complexity index is 923. The van der Waals surface area contributed by atoms with Crippen molar-refractivity contribution in [1.29, 1.82) is 0 Å². The van der Waals surface area contributed by atoms with Gasteiger partial charge in [0.25, 0.3) is 0 Å². The van der Waals surface area contributed by atoms with Crippen LogP contribution in [0.15, 0.2) is 24.3 Å². The lowest BCUT2D eigenvalue weighted by Gasteiger charge is -2.37. The molecule has 0 aliphatic carbocycles. The number of aromatic amines is 1. The highest BCUT2D eigenvalue weighted by atomic mass is 16.5. The van der Waals surface area contributed by atoms with Crippen LogP contribution in [0.1, 0.15) is 6.92 Å². The van der Waals surface area contributed by atoms with Crippen molar-refractivity contribution >= 4 is 28.5 Å². The normalized spacial score (nSPS) is 21.0. The van der Waals surface area contributed by atoms with Gasteiger partial charge in [-0.05, 0) is 26.0 Å². The first-order valence-corrected chi connectivity index (χ1v) is 8.11. The highest BCUT2D eigenvalue weighted by molar-refractivity contribution is 5.91. The number of rotatable bonds is 2. The third-order valence-corrected chi connectivity index (χ3v) is 4.42. The molecule has 0 saturated carbocycles. The fourth-order valence-electron chi connectivity index (χ4n) is 3.08. The first-order chi connectivity index (χ1) is 12.0. The van der Waals surface area contributed by atoms with Gasteiger partial charge in [0.2, 0.25) is 5.95 Å². The van der Waals surface area contributed by atoms with Crippen molar-refractivity contribution in [1.82, 2.24) is 20.2 Å². The van der Waals surface area contributed by atoms with E-state index in [1.807, 2.05) is 24.3 Å². The molecule has 1 aliphatic heterocycles. The number of nitrogen functional groups attached to an aromatic ring is 2. The third kappa shape index (κ3) is 2.85. The predicted molar refractivity (Wildman–Crippen MR) is 97.8 cm³/mol. The highest BCUT2D eigenvalue weighted by Crippen LogP contribution is 2.28. The minimum Gasteiger partial charge on any atom is -0.382 e. The van der Waals surface area contributed by atoms with Crippen molar-refractivity contribution in [3.8, 4) is 11.3 Å². The maximum atomic E-state index is 5.96. The molecule has 0 unspecified atom stereocenters. The summed E-state index contributed by atoms with van der Waals surface area (Å²) in [6.07, 6.45) is -0.0971. The second-order valence-electron chi connectivity index (χ2n) is 6.30. The van der Waals surface area contributed by atoms with E-state index in [1.54, 1.807) is 0 Å². The van der Waals surface area contributed by atoms with Gasteiger partial charge in [-0.15, -0.1) is 0 Å². The molecule has 1 saturated heterocycles. The molecular weight excluding hydrogens is 318 g/mol. The van der Waals surface area contributed by atoms with Gasteiger partial charge in [0.1, 0.15) is 5.82 Å². The van der Waals surface area contributed by atoms with Crippen LogP contribution in [0.25, 0.3) is 22.2 Å². The molecule has 0 spiro atoms. The fourth-order valence-corrected chi connectivity index (χ4v) is 3.08. The summed E-state index contributed by atoms with van der Waals surface area (Å²) >= 11 is 0. The van der Waals surface area contributed by atoms with Crippen LogP contribution >= 0.6 is 0 Å². The zero-order chi connectivity index (χ0) is 17.6. The second-order valence-corrected chi connectivity index (χ2v) is 6.30. The van der Waals surface area contributed by atoms with Crippen molar-refractivity contribution in [3.63, 3.8) is 0 Å². The van der Waals surface area contributed by atoms with Gasteiger partial charge in [0, 0.05) is 23.6 Å². The van der Waals surface area contributed by atoms with Crippen LogP contribution in [0.4, 0.5) is 17.6 Å². The molecule has 4 rings (SSSR count). The lowest BCUT2D eigenvalue weighted by atomic mass is 10.1. The lowest BCUT2D eigenvalue weighted by Crippen LogP contribution is -2.48. The van der Waals surface area contributed by atoms with Crippen molar-refractivity contribution in [2.45, 2.75) is 19.1 Å². The van der Waals surface area contributed by atoms with Gasteiger partial charge in [-0.3, -0.25) is 5.10 Å². The minimum absolute atomic E-state index is 0.0971. The Kier molecular flexibility index (Phi) is 3.69. The Balaban J connectivity index is 1.75. The number of ether oxygens (including phenoxy) is 1. The summed E-state index contributed by atoms with van der Waals surface area (Å²) in [6.45, 7) is 7.34. The van der Waals surface area contributed by atoms with Crippen LogP contribution in [0.5, 0.6) is 0 Å². The van der Waals surface area contributed by atoms with E-state index in [0.717, 1.165) is 28.0 Å². The van der Waals surface area contributed by atoms with Gasteiger partial charge in [0.15, 0.2) is 5.82 Å². The first-order valence-electron chi connectivity index (χ1n) is 8.11. The zero-order valence-electron chi connectivity index (χ0n) is 13.9. The van der Waals surface area contributed by atoms with Crippen LogP contribution in [-0.4, -0.2) is 45.5 Å². The number of aromatic nitrogens is 4. The molecular formula is C17H20N7O. The van der Waals surface area contributed by atoms with E-state index in [1.165, 1.54) is 0 Å². The number of anilines is 3. The lowest BCUT2D eigenvalue weighted by molar-refractivity contribution is 0.0496. The van der Waals surface area contributed by atoms with Crippen LogP contribution in [0, 0.1) is 6.92 Å². The number of nitrogens with one attached hydrogen (secondary N) is 1. The molecule has 0 amide bonds. The molecule has 1 radical (unpaired) electrons. The van der Waals surface area contributed by atoms with Gasteiger partial charge in [-0.1, -0.05) is 6.07 Å². The van der Waals surface area contributed by atoms with E-state index < -0.39 is 0 Å². The van der Waals surface area contributed by atoms with Crippen molar-refractivity contribution in [2.24, 2.45) is 0 Å². The topological polar surface area (TPSA) is 119 Å². The maximum Gasteiger partial charge on any atom is 0.222 e. The standard InChI is InChI=1S/C17H20N7O/c1-9-8-25-10(2)7-24(9)15-6-13(20-17(19)21-15)11-3-4-12-14(5-11)22-23-16(12)18/h3-6,9-10H,2,7-8H2,1H3,(H3,18,22,23)(H2,19,20,21)/t9-,10+/m1/s1. The molecule has 0 bridgehead atoms. The smallest absolute Gasteiger partial charge is 0.222 e. The second kappa shape index (κ2) is 5.89.